The quantitative estimate of drug-likeness (QED) is 0.510. The molecule has 166 valence electrons. The van der Waals surface area contributed by atoms with Crippen LogP contribution in [0.15, 0.2) is 83.9 Å². The molecule has 1 fully saturated rings. The Hall–Kier alpha value is -3.51. The topological polar surface area (TPSA) is 59.9 Å². The van der Waals surface area contributed by atoms with Gasteiger partial charge in [-0.25, -0.2) is 0 Å². The van der Waals surface area contributed by atoms with E-state index in [-0.39, 0.29) is 18.5 Å². The molecule has 2 atom stereocenters. The van der Waals surface area contributed by atoms with E-state index >= 15 is 0 Å². The van der Waals surface area contributed by atoms with Crippen LogP contribution in [0.1, 0.15) is 29.9 Å². The van der Waals surface area contributed by atoms with Gasteiger partial charge in [-0.05, 0) is 47.7 Å². The molecule has 6 heteroatoms. The fraction of sp³-hybridized carbons (Fsp3) is 0.222. The SMILES string of the molecule is O=C1CC(c2ccccc2)CC(=NCc2ccc3c(c2)OCO3)C1C(=S)Nc1ccccc1. The van der Waals surface area contributed by atoms with Crippen molar-refractivity contribution in [1.29, 1.82) is 0 Å². The lowest BCUT2D eigenvalue weighted by atomic mass is 9.76. The number of ketones is 1. The summed E-state index contributed by atoms with van der Waals surface area (Å²) in [5.74, 6) is 1.16. The van der Waals surface area contributed by atoms with Gasteiger partial charge in [0.1, 0.15) is 11.7 Å². The van der Waals surface area contributed by atoms with Gasteiger partial charge in [0.25, 0.3) is 0 Å². The Bertz CT molecular complexity index is 1190. The van der Waals surface area contributed by atoms with Gasteiger partial charge in [0, 0.05) is 17.8 Å². The van der Waals surface area contributed by atoms with E-state index < -0.39 is 5.92 Å². The van der Waals surface area contributed by atoms with Gasteiger partial charge in [0.2, 0.25) is 6.79 Å². The Kier molecular flexibility index (Phi) is 6.17. The summed E-state index contributed by atoms with van der Waals surface area (Å²) in [7, 11) is 0. The number of nitrogens with one attached hydrogen (secondary N) is 1. The second kappa shape index (κ2) is 9.55. The number of carbonyl (C=O) groups is 1. The molecule has 0 aromatic heterocycles. The number of thiocarbonyl (C=S) groups is 1. The molecule has 1 aliphatic heterocycles. The third kappa shape index (κ3) is 4.81. The summed E-state index contributed by atoms with van der Waals surface area (Å²) in [5.41, 5.74) is 3.85. The van der Waals surface area contributed by atoms with Gasteiger partial charge in [-0.15, -0.1) is 0 Å². The lowest BCUT2D eigenvalue weighted by Crippen LogP contribution is -2.40. The Labute approximate surface area is 198 Å². The van der Waals surface area contributed by atoms with Gasteiger partial charge in [-0.1, -0.05) is 66.8 Å². The molecule has 1 heterocycles. The molecule has 3 aromatic rings. The highest BCUT2D eigenvalue weighted by atomic mass is 32.1. The molecule has 1 saturated carbocycles. The number of aliphatic imine (C=N–C) groups is 1. The largest absolute Gasteiger partial charge is 0.454 e. The summed E-state index contributed by atoms with van der Waals surface area (Å²) in [4.78, 5) is 18.8. The fourth-order valence-electron chi connectivity index (χ4n) is 4.37. The molecule has 0 spiro atoms. The Balaban J connectivity index is 1.42. The normalized spacial score (nSPS) is 20.6. The zero-order chi connectivity index (χ0) is 22.6. The van der Waals surface area contributed by atoms with Crippen LogP contribution in [-0.2, 0) is 11.3 Å². The number of rotatable bonds is 5. The van der Waals surface area contributed by atoms with Crippen molar-refractivity contribution in [1.82, 2.24) is 0 Å². The second-order valence-electron chi connectivity index (χ2n) is 8.27. The first kappa shape index (κ1) is 21.3. The van der Waals surface area contributed by atoms with Crippen LogP contribution in [0.5, 0.6) is 11.5 Å². The van der Waals surface area contributed by atoms with E-state index in [9.17, 15) is 4.79 Å². The molecule has 2 aliphatic rings. The lowest BCUT2D eigenvalue weighted by Gasteiger charge is -2.30. The van der Waals surface area contributed by atoms with Crippen molar-refractivity contribution >= 4 is 34.4 Å². The molecule has 0 radical (unpaired) electrons. The number of para-hydroxylation sites is 1. The first-order valence-corrected chi connectivity index (χ1v) is 11.4. The molecule has 33 heavy (non-hydrogen) atoms. The predicted octanol–water partition coefficient (Wildman–Crippen LogP) is 5.56. The first-order chi connectivity index (χ1) is 16.2. The van der Waals surface area contributed by atoms with Crippen molar-refractivity contribution < 1.29 is 14.3 Å². The van der Waals surface area contributed by atoms with Crippen LogP contribution in [0.4, 0.5) is 5.69 Å². The maximum atomic E-state index is 13.3. The van der Waals surface area contributed by atoms with Crippen LogP contribution in [0.2, 0.25) is 0 Å². The molecule has 0 amide bonds. The molecule has 1 N–H and O–H groups in total. The number of hydrogen-bond donors (Lipinski definition) is 1. The van der Waals surface area contributed by atoms with E-state index in [0.717, 1.165) is 34.0 Å². The highest BCUT2D eigenvalue weighted by molar-refractivity contribution is 7.80. The van der Waals surface area contributed by atoms with Crippen molar-refractivity contribution in [2.45, 2.75) is 25.3 Å². The number of carbonyl (C=O) groups excluding carboxylic acids is 1. The zero-order valence-corrected chi connectivity index (χ0v) is 18.9. The summed E-state index contributed by atoms with van der Waals surface area (Å²) < 4.78 is 10.9. The Morgan fingerprint density at radius 3 is 2.45 bits per heavy atom. The first-order valence-electron chi connectivity index (χ1n) is 11.0. The smallest absolute Gasteiger partial charge is 0.231 e. The summed E-state index contributed by atoms with van der Waals surface area (Å²) >= 11 is 5.71. The average molecular weight is 457 g/mol. The molecular formula is C27H24N2O3S. The number of Topliss-reactive ketones (excluding diaryl/α,β-unsaturated/α-hetero) is 1. The second-order valence-corrected chi connectivity index (χ2v) is 8.71. The predicted molar refractivity (Wildman–Crippen MR) is 133 cm³/mol. The van der Waals surface area contributed by atoms with Crippen molar-refractivity contribution in [3.63, 3.8) is 0 Å². The molecule has 0 bridgehead atoms. The monoisotopic (exact) mass is 456 g/mol. The van der Waals surface area contributed by atoms with Crippen LogP contribution >= 0.6 is 12.2 Å². The summed E-state index contributed by atoms with van der Waals surface area (Å²) in [6.07, 6.45) is 1.15. The number of fused-ring (bicyclic) bond motifs is 1. The minimum Gasteiger partial charge on any atom is -0.454 e. The molecule has 2 unspecified atom stereocenters. The Morgan fingerprint density at radius 2 is 1.67 bits per heavy atom. The van der Waals surface area contributed by atoms with E-state index in [0.29, 0.717) is 24.4 Å². The molecule has 3 aromatic carbocycles. The van der Waals surface area contributed by atoms with Crippen LogP contribution in [0, 0.1) is 5.92 Å². The number of ether oxygens (including phenoxy) is 2. The number of anilines is 1. The minimum absolute atomic E-state index is 0.102. The number of hydrogen-bond acceptors (Lipinski definition) is 5. The van der Waals surface area contributed by atoms with Crippen molar-refractivity contribution in [2.24, 2.45) is 10.9 Å². The van der Waals surface area contributed by atoms with E-state index in [2.05, 4.69) is 17.4 Å². The number of benzene rings is 3. The van der Waals surface area contributed by atoms with Gasteiger partial charge < -0.3 is 14.8 Å². The fourth-order valence-corrected chi connectivity index (χ4v) is 4.76. The van der Waals surface area contributed by atoms with Crippen molar-refractivity contribution in [2.75, 3.05) is 12.1 Å². The van der Waals surface area contributed by atoms with Crippen LogP contribution in [-0.4, -0.2) is 23.3 Å². The maximum absolute atomic E-state index is 13.3. The molecule has 1 aliphatic carbocycles. The van der Waals surface area contributed by atoms with Crippen LogP contribution in [0.25, 0.3) is 0 Å². The number of nitrogens with zero attached hydrogens (tertiary/aromatic N) is 1. The van der Waals surface area contributed by atoms with Gasteiger partial charge in [0.15, 0.2) is 11.5 Å². The maximum Gasteiger partial charge on any atom is 0.231 e. The van der Waals surface area contributed by atoms with Gasteiger partial charge in [-0.2, -0.15) is 0 Å². The van der Waals surface area contributed by atoms with Crippen molar-refractivity contribution in [3.05, 3.63) is 90.0 Å². The molecule has 5 rings (SSSR count). The van der Waals surface area contributed by atoms with E-state index in [1.807, 2.05) is 66.7 Å². The van der Waals surface area contributed by atoms with E-state index in [1.165, 1.54) is 0 Å². The summed E-state index contributed by atoms with van der Waals surface area (Å²) in [5, 5.41) is 3.25. The highest BCUT2D eigenvalue weighted by Gasteiger charge is 2.37. The standard InChI is InChI=1S/C27H24N2O3S/c30-23-15-20(19-7-3-1-4-8-19)14-22(26(23)27(33)29-21-9-5-2-6-10-21)28-16-18-11-12-24-25(13-18)32-17-31-24/h1-13,20,26H,14-17H2,(H,29,33). The third-order valence-electron chi connectivity index (χ3n) is 6.03. The van der Waals surface area contributed by atoms with Crippen molar-refractivity contribution in [3.8, 4) is 11.5 Å². The van der Waals surface area contributed by atoms with Gasteiger partial charge >= 0.3 is 0 Å². The minimum atomic E-state index is -0.519. The third-order valence-corrected chi connectivity index (χ3v) is 6.37. The van der Waals surface area contributed by atoms with Crippen LogP contribution in [0.3, 0.4) is 0 Å². The van der Waals surface area contributed by atoms with E-state index in [4.69, 9.17) is 26.7 Å². The molecule has 0 saturated heterocycles. The zero-order valence-electron chi connectivity index (χ0n) is 18.1. The summed E-state index contributed by atoms with van der Waals surface area (Å²) in [6.45, 7) is 0.688. The van der Waals surface area contributed by atoms with E-state index in [1.54, 1.807) is 0 Å². The Morgan fingerprint density at radius 1 is 0.939 bits per heavy atom. The highest BCUT2D eigenvalue weighted by Crippen LogP contribution is 2.35. The summed E-state index contributed by atoms with van der Waals surface area (Å²) in [6, 6.07) is 25.7. The van der Waals surface area contributed by atoms with Gasteiger partial charge in [0.05, 0.1) is 11.5 Å². The molecule has 5 nitrogen and oxygen atoms in total. The van der Waals surface area contributed by atoms with Gasteiger partial charge in [-0.3, -0.25) is 9.79 Å². The van der Waals surface area contributed by atoms with Crippen LogP contribution < -0.4 is 14.8 Å². The lowest BCUT2D eigenvalue weighted by molar-refractivity contribution is -0.120. The average Bonchev–Trinajstić information content (AvgIpc) is 3.31. The molecular weight excluding hydrogens is 432 g/mol.